The fourth-order valence-corrected chi connectivity index (χ4v) is 13.7. The van der Waals surface area contributed by atoms with Gasteiger partial charge in [-0.1, -0.05) is 54.0 Å². The van der Waals surface area contributed by atoms with E-state index < -0.39 is 28.9 Å². The molecule has 4 N–H and O–H groups in total. The van der Waals surface area contributed by atoms with E-state index in [4.69, 9.17) is 10.5 Å². The number of hydrogen-bond acceptors (Lipinski definition) is 7. The van der Waals surface area contributed by atoms with Crippen LogP contribution in [-0.2, 0) is 23.9 Å². The molecule has 6 aliphatic rings. The second-order valence-electron chi connectivity index (χ2n) is 20.6. The molecule has 0 aromatic carbocycles. The lowest BCUT2D eigenvalue weighted by Crippen LogP contribution is -2.66. The molecule has 0 spiro atoms. The first-order valence-corrected chi connectivity index (χ1v) is 20.5. The molecule has 1 saturated heterocycles. The highest BCUT2D eigenvalue weighted by Gasteiger charge is 2.71. The lowest BCUT2D eigenvalue weighted by Gasteiger charge is -2.72. The molecule has 6 rings (SSSR count). The van der Waals surface area contributed by atoms with Crippen molar-refractivity contribution in [3.63, 3.8) is 0 Å². The molecule has 0 aromatic heterocycles. The number of aliphatic hydroxyl groups is 1. The Hall–Kier alpha value is -2.26. The number of ether oxygens (including phenoxy) is 1. The number of allylic oxidation sites excluding steroid dienone is 1. The van der Waals surface area contributed by atoms with Crippen molar-refractivity contribution < 1.29 is 34.1 Å². The number of nitrogens with two attached hydrogens (primary N) is 1. The lowest BCUT2D eigenvalue weighted by atomic mass is 9.33. The number of amides is 1. The van der Waals surface area contributed by atoms with Crippen LogP contribution >= 0.6 is 0 Å². The molecular formula is C43H68N2O7. The van der Waals surface area contributed by atoms with E-state index in [-0.39, 0.29) is 63.6 Å². The summed E-state index contributed by atoms with van der Waals surface area (Å²) in [7, 11) is 0. The minimum absolute atomic E-state index is 0.0249. The summed E-state index contributed by atoms with van der Waals surface area (Å²) in [5.74, 6) is -0.347. The Bertz CT molecular complexity index is 1510. The maximum Gasteiger partial charge on any atom is 0.309 e. The minimum atomic E-state index is -1.17. The van der Waals surface area contributed by atoms with Crippen LogP contribution < -0.4 is 5.73 Å². The van der Waals surface area contributed by atoms with Crippen LogP contribution in [0.15, 0.2) is 11.1 Å². The van der Waals surface area contributed by atoms with Crippen LogP contribution in [-0.4, -0.2) is 70.6 Å². The number of β-amino-alcohol motifs (C(OH)–C–C–N with tert-alkyl or cyclic N) is 1. The number of aliphatic carboxylic acids is 1. The van der Waals surface area contributed by atoms with E-state index in [1.807, 2.05) is 0 Å². The fraction of sp³-hybridized carbons (Fsp3) is 0.860. The van der Waals surface area contributed by atoms with Crippen molar-refractivity contribution in [1.29, 1.82) is 0 Å². The number of rotatable bonds is 9. The van der Waals surface area contributed by atoms with Gasteiger partial charge in [-0.05, 0) is 137 Å². The first-order chi connectivity index (χ1) is 24.0. The molecular weight excluding hydrogens is 656 g/mol. The van der Waals surface area contributed by atoms with E-state index in [2.05, 4.69) is 53.4 Å². The standard InChI is InChI=1S/C43H68N2O7/c1-25(2)34-28(46)22-43(31(47)24-45-20-14-26(15-21-45)36(44)49)19-18-41(8)27(35(34)43)10-11-30-40(7)16-13-32(52-33(48)23-38(3,4)37(50)51)39(5,6)29(40)12-17-42(30,41)9/h25-27,29-32,47H,10-24H2,1-9H3,(H2,44,49)(H,50,51)/t27-,29+,30-,31+,32+,40+,41-,42-,43+/m1/s1. The molecule has 0 unspecified atom stereocenters. The number of likely N-dealkylation sites (tertiary alicyclic amines) is 1. The first-order valence-electron chi connectivity index (χ1n) is 20.5. The van der Waals surface area contributed by atoms with Gasteiger partial charge in [0.25, 0.3) is 0 Å². The van der Waals surface area contributed by atoms with Gasteiger partial charge in [0, 0.05) is 29.7 Å². The predicted octanol–water partition coefficient (Wildman–Crippen LogP) is 6.94. The third-order valence-electron chi connectivity index (χ3n) is 16.9. The zero-order chi connectivity index (χ0) is 38.4. The molecule has 52 heavy (non-hydrogen) atoms. The number of aliphatic hydroxyl groups excluding tert-OH is 1. The molecule has 1 heterocycles. The number of carbonyl (C=O) groups excluding carboxylic acids is 3. The van der Waals surface area contributed by atoms with Gasteiger partial charge in [0.1, 0.15) is 6.10 Å². The molecule has 292 valence electrons. The van der Waals surface area contributed by atoms with E-state index in [1.54, 1.807) is 13.8 Å². The fourth-order valence-electron chi connectivity index (χ4n) is 13.7. The van der Waals surface area contributed by atoms with Crippen molar-refractivity contribution in [2.24, 2.45) is 67.8 Å². The maximum absolute atomic E-state index is 14.1. The highest BCUT2D eigenvalue weighted by atomic mass is 16.5. The van der Waals surface area contributed by atoms with Gasteiger partial charge in [-0.25, -0.2) is 0 Å². The summed E-state index contributed by atoms with van der Waals surface area (Å²) in [5, 5.41) is 21.9. The summed E-state index contributed by atoms with van der Waals surface area (Å²) in [6.07, 6.45) is 8.55. The molecule has 0 radical (unpaired) electrons. The molecule has 9 nitrogen and oxygen atoms in total. The summed E-state index contributed by atoms with van der Waals surface area (Å²) in [4.78, 5) is 53.0. The molecule has 9 heteroatoms. The van der Waals surface area contributed by atoms with Gasteiger partial charge in [0.2, 0.25) is 5.91 Å². The van der Waals surface area contributed by atoms with Gasteiger partial charge >= 0.3 is 11.9 Å². The van der Waals surface area contributed by atoms with Crippen LogP contribution in [0.1, 0.15) is 139 Å². The van der Waals surface area contributed by atoms with Crippen LogP contribution in [0.4, 0.5) is 0 Å². The van der Waals surface area contributed by atoms with Gasteiger partial charge in [-0.2, -0.15) is 0 Å². The number of carbonyl (C=O) groups is 4. The lowest BCUT2D eigenvalue weighted by molar-refractivity contribution is -0.235. The van der Waals surface area contributed by atoms with Crippen molar-refractivity contribution in [2.75, 3.05) is 19.6 Å². The Morgan fingerprint density at radius 3 is 2.15 bits per heavy atom. The van der Waals surface area contributed by atoms with Gasteiger partial charge in [0.05, 0.1) is 17.9 Å². The Morgan fingerprint density at radius 2 is 1.56 bits per heavy atom. The van der Waals surface area contributed by atoms with E-state index in [0.29, 0.717) is 24.8 Å². The molecule has 9 atom stereocenters. The molecule has 5 fully saturated rings. The largest absolute Gasteiger partial charge is 0.481 e. The predicted molar refractivity (Wildman–Crippen MR) is 200 cm³/mol. The first kappa shape index (κ1) is 39.4. The van der Waals surface area contributed by atoms with E-state index in [9.17, 15) is 29.4 Å². The number of Topliss-reactive ketones (excluding diaryl/α,β-unsaturated/α-hetero) is 1. The summed E-state index contributed by atoms with van der Waals surface area (Å²) < 4.78 is 6.16. The number of nitrogens with zero attached hydrogens (tertiary/aromatic N) is 1. The number of ketones is 1. The van der Waals surface area contributed by atoms with Gasteiger partial charge in [-0.15, -0.1) is 0 Å². The summed E-state index contributed by atoms with van der Waals surface area (Å²) in [6, 6.07) is 0. The normalized spacial score (nSPS) is 40.0. The molecule has 1 aliphatic heterocycles. The molecule has 5 aliphatic carbocycles. The van der Waals surface area contributed by atoms with E-state index in [0.717, 1.165) is 82.9 Å². The van der Waals surface area contributed by atoms with Gasteiger partial charge in [-0.3, -0.25) is 19.2 Å². The van der Waals surface area contributed by atoms with Gasteiger partial charge in [0.15, 0.2) is 5.78 Å². The van der Waals surface area contributed by atoms with E-state index in [1.165, 1.54) is 5.57 Å². The van der Waals surface area contributed by atoms with E-state index >= 15 is 0 Å². The molecule has 4 saturated carbocycles. The highest BCUT2D eigenvalue weighted by molar-refractivity contribution is 6.00. The number of hydrogen-bond donors (Lipinski definition) is 3. The third kappa shape index (κ3) is 5.92. The van der Waals surface area contributed by atoms with Crippen molar-refractivity contribution >= 4 is 23.6 Å². The summed E-state index contributed by atoms with van der Waals surface area (Å²) >= 11 is 0. The zero-order valence-corrected chi connectivity index (χ0v) is 33.6. The van der Waals surface area contributed by atoms with Crippen molar-refractivity contribution in [3.8, 4) is 0 Å². The number of fused-ring (bicyclic) bond motifs is 7. The smallest absolute Gasteiger partial charge is 0.309 e. The van der Waals surface area contributed by atoms with Crippen LogP contribution in [0.3, 0.4) is 0 Å². The second kappa shape index (κ2) is 13.2. The average molecular weight is 725 g/mol. The molecule has 0 aromatic rings. The quantitative estimate of drug-likeness (QED) is 0.217. The highest BCUT2D eigenvalue weighted by Crippen LogP contribution is 2.77. The number of piperidine rings is 1. The molecule has 1 amide bonds. The second-order valence-corrected chi connectivity index (χ2v) is 20.6. The van der Waals surface area contributed by atoms with Gasteiger partial charge < -0.3 is 25.6 Å². The number of esters is 1. The van der Waals surface area contributed by atoms with Crippen molar-refractivity contribution in [2.45, 2.75) is 152 Å². The Morgan fingerprint density at radius 1 is 0.904 bits per heavy atom. The third-order valence-corrected chi connectivity index (χ3v) is 16.9. The van der Waals surface area contributed by atoms with Crippen LogP contribution in [0.25, 0.3) is 0 Å². The minimum Gasteiger partial charge on any atom is -0.481 e. The average Bonchev–Trinajstić information content (AvgIpc) is 3.36. The SMILES string of the molecule is CC(C)C1=C2[C@H]3CC[C@@H]4[C@@]5(C)CC[C@H](OC(=O)CC(C)(C)C(=O)O)C(C)(C)[C@@H]5CC[C@@]4(C)[C@]3(C)CC[C@@]2([C@@H](O)CN2CCC(C(N)=O)CC2)CC1=O. The Labute approximate surface area is 312 Å². The Balaban J connectivity index is 1.27. The molecule has 0 bridgehead atoms. The Kier molecular flexibility index (Phi) is 10.0. The monoisotopic (exact) mass is 725 g/mol. The van der Waals surface area contributed by atoms with Crippen LogP contribution in [0.5, 0.6) is 0 Å². The van der Waals surface area contributed by atoms with Crippen LogP contribution in [0.2, 0.25) is 0 Å². The number of primary amides is 1. The number of carboxylic acid groups (broad SMARTS) is 1. The van der Waals surface area contributed by atoms with Crippen molar-refractivity contribution in [1.82, 2.24) is 4.90 Å². The summed E-state index contributed by atoms with van der Waals surface area (Å²) in [6.45, 7) is 21.6. The van der Waals surface area contributed by atoms with Crippen LogP contribution in [0, 0.1) is 62.1 Å². The number of carboxylic acids is 1. The topological polar surface area (TPSA) is 147 Å². The maximum atomic E-state index is 14.1. The van der Waals surface area contributed by atoms with Crippen molar-refractivity contribution in [3.05, 3.63) is 11.1 Å². The zero-order valence-electron chi connectivity index (χ0n) is 33.6. The summed E-state index contributed by atoms with van der Waals surface area (Å²) in [5.41, 5.74) is 6.00.